The van der Waals surface area contributed by atoms with Gasteiger partial charge in [-0.25, -0.2) is 0 Å². The molecule has 4 nitrogen and oxygen atoms in total. The number of rotatable bonds is 8. The van der Waals surface area contributed by atoms with Gasteiger partial charge in [0, 0.05) is 13.1 Å². The lowest BCUT2D eigenvalue weighted by atomic mass is 10.0. The fourth-order valence-electron chi connectivity index (χ4n) is 1.28. The normalized spacial score (nSPS) is 13.5. The Morgan fingerprint density at radius 3 is 2.59 bits per heavy atom. The summed E-state index contributed by atoms with van der Waals surface area (Å²) >= 11 is 0. The quantitative estimate of drug-likeness (QED) is 0.638. The van der Waals surface area contributed by atoms with Crippen molar-refractivity contribution in [2.75, 3.05) is 26.3 Å². The Hall–Kier alpha value is -0.820. The van der Waals surface area contributed by atoms with Gasteiger partial charge in [0.15, 0.2) is 0 Å². The van der Waals surface area contributed by atoms with Crippen LogP contribution in [-0.2, 0) is 9.53 Å². The van der Waals surface area contributed by atoms with E-state index in [0.29, 0.717) is 6.42 Å². The van der Waals surface area contributed by atoms with E-state index in [0.717, 1.165) is 6.42 Å². The molecule has 0 fully saturated rings. The van der Waals surface area contributed by atoms with Gasteiger partial charge in [-0.3, -0.25) is 4.79 Å². The van der Waals surface area contributed by atoms with Gasteiger partial charge >= 0.3 is 6.18 Å². The molecule has 0 aliphatic rings. The van der Waals surface area contributed by atoms with E-state index in [1.807, 2.05) is 6.92 Å². The molecule has 0 saturated carbocycles. The first-order chi connectivity index (χ1) is 7.90. The predicted molar refractivity (Wildman–Crippen MR) is 57.3 cm³/mol. The van der Waals surface area contributed by atoms with Crippen LogP contribution in [0.3, 0.4) is 0 Å². The molecule has 0 saturated heterocycles. The Morgan fingerprint density at radius 1 is 1.47 bits per heavy atom. The minimum atomic E-state index is -4.33. The van der Waals surface area contributed by atoms with E-state index in [2.05, 4.69) is 10.1 Å². The summed E-state index contributed by atoms with van der Waals surface area (Å²) in [7, 11) is 0. The second-order valence-electron chi connectivity index (χ2n) is 3.68. The lowest BCUT2D eigenvalue weighted by Crippen LogP contribution is -2.37. The van der Waals surface area contributed by atoms with Crippen LogP contribution >= 0.6 is 0 Å². The van der Waals surface area contributed by atoms with Crippen molar-refractivity contribution in [3.63, 3.8) is 0 Å². The maximum Gasteiger partial charge on any atom is 0.411 e. The summed E-state index contributed by atoms with van der Waals surface area (Å²) < 4.78 is 39.4. The van der Waals surface area contributed by atoms with E-state index < -0.39 is 12.8 Å². The molecule has 0 aromatic heterocycles. The van der Waals surface area contributed by atoms with E-state index in [1.165, 1.54) is 0 Å². The van der Waals surface area contributed by atoms with Gasteiger partial charge in [0.25, 0.3) is 0 Å². The monoisotopic (exact) mass is 256 g/mol. The highest BCUT2D eigenvalue weighted by molar-refractivity contribution is 5.78. The molecule has 7 heteroatoms. The highest BCUT2D eigenvalue weighted by Crippen LogP contribution is 2.13. The minimum absolute atomic E-state index is 0.0646. The Morgan fingerprint density at radius 2 is 2.12 bits per heavy atom. The molecular formula is C10H19F3N2O2. The number of carbonyl (C=O) groups excluding carboxylic acids is 1. The number of amides is 1. The fourth-order valence-corrected chi connectivity index (χ4v) is 1.28. The van der Waals surface area contributed by atoms with Crippen molar-refractivity contribution in [3.8, 4) is 0 Å². The Bertz CT molecular complexity index is 222. The summed E-state index contributed by atoms with van der Waals surface area (Å²) in [5, 5.41) is 2.49. The Balaban J connectivity index is 3.63. The van der Waals surface area contributed by atoms with Gasteiger partial charge < -0.3 is 15.8 Å². The smallest absolute Gasteiger partial charge is 0.370 e. The summed E-state index contributed by atoms with van der Waals surface area (Å²) in [4.78, 5) is 11.5. The lowest BCUT2D eigenvalue weighted by molar-refractivity contribution is -0.173. The van der Waals surface area contributed by atoms with Crippen LogP contribution < -0.4 is 11.1 Å². The van der Waals surface area contributed by atoms with Gasteiger partial charge in [-0.1, -0.05) is 13.3 Å². The van der Waals surface area contributed by atoms with Crippen LogP contribution in [-0.4, -0.2) is 38.4 Å². The van der Waals surface area contributed by atoms with Crippen molar-refractivity contribution >= 4 is 5.91 Å². The van der Waals surface area contributed by atoms with Crippen LogP contribution in [0, 0.1) is 5.92 Å². The fraction of sp³-hybridized carbons (Fsp3) is 0.900. The largest absolute Gasteiger partial charge is 0.411 e. The molecule has 0 aromatic rings. The number of hydrogen-bond acceptors (Lipinski definition) is 3. The molecule has 17 heavy (non-hydrogen) atoms. The molecule has 102 valence electrons. The third kappa shape index (κ3) is 8.93. The van der Waals surface area contributed by atoms with E-state index in [1.54, 1.807) is 0 Å². The number of alkyl halides is 3. The first-order valence-corrected chi connectivity index (χ1v) is 5.53. The molecule has 0 bridgehead atoms. The van der Waals surface area contributed by atoms with Gasteiger partial charge in [0.2, 0.25) is 5.91 Å². The van der Waals surface area contributed by atoms with E-state index in [9.17, 15) is 18.0 Å². The zero-order valence-corrected chi connectivity index (χ0v) is 9.85. The molecule has 0 radical (unpaired) electrons. The van der Waals surface area contributed by atoms with Crippen LogP contribution in [0.15, 0.2) is 0 Å². The Labute approximate surface area is 98.7 Å². The molecule has 0 rings (SSSR count). The zero-order chi connectivity index (χ0) is 13.3. The number of nitrogens with two attached hydrogens (primary N) is 1. The van der Waals surface area contributed by atoms with Crippen LogP contribution in [0.2, 0.25) is 0 Å². The molecule has 0 spiro atoms. The van der Waals surface area contributed by atoms with Crippen LogP contribution in [0.4, 0.5) is 13.2 Å². The second kappa shape index (κ2) is 8.30. The molecule has 0 aliphatic carbocycles. The predicted octanol–water partition coefficient (Wildman–Crippen LogP) is 1.06. The molecular weight excluding hydrogens is 237 g/mol. The molecule has 0 heterocycles. The summed E-state index contributed by atoms with van der Waals surface area (Å²) in [6, 6.07) is 0. The average molecular weight is 256 g/mol. The standard InChI is InChI=1S/C10H19F3N2O2/c1-2-3-8(6-14)9(16)15-4-5-17-7-10(11,12)13/h8H,2-7,14H2,1H3,(H,15,16). The van der Waals surface area contributed by atoms with Crippen molar-refractivity contribution in [1.29, 1.82) is 0 Å². The molecule has 1 unspecified atom stereocenters. The number of halogens is 3. The van der Waals surface area contributed by atoms with Crippen LogP contribution in [0.1, 0.15) is 19.8 Å². The summed E-state index contributed by atoms with van der Waals surface area (Å²) in [5.74, 6) is -0.507. The van der Waals surface area contributed by atoms with Gasteiger partial charge in [0.05, 0.1) is 12.5 Å². The van der Waals surface area contributed by atoms with Crippen molar-refractivity contribution in [2.45, 2.75) is 25.9 Å². The number of hydrogen-bond donors (Lipinski definition) is 2. The summed E-state index contributed by atoms with van der Waals surface area (Å²) in [5.41, 5.74) is 5.41. The average Bonchev–Trinajstić information content (AvgIpc) is 2.23. The van der Waals surface area contributed by atoms with E-state index in [4.69, 9.17) is 5.73 Å². The molecule has 1 amide bonds. The second-order valence-corrected chi connectivity index (χ2v) is 3.68. The lowest BCUT2D eigenvalue weighted by Gasteiger charge is -2.14. The third-order valence-corrected chi connectivity index (χ3v) is 2.10. The van der Waals surface area contributed by atoms with E-state index in [-0.39, 0.29) is 31.5 Å². The van der Waals surface area contributed by atoms with Gasteiger partial charge in [-0.05, 0) is 6.42 Å². The summed E-state index contributed by atoms with van der Waals surface area (Å²) in [6.07, 6.45) is -2.82. The van der Waals surface area contributed by atoms with Crippen molar-refractivity contribution in [1.82, 2.24) is 5.32 Å². The maximum atomic E-state index is 11.7. The number of ether oxygens (including phenoxy) is 1. The first-order valence-electron chi connectivity index (χ1n) is 5.53. The highest BCUT2D eigenvalue weighted by Gasteiger charge is 2.27. The van der Waals surface area contributed by atoms with Crippen molar-refractivity contribution in [3.05, 3.63) is 0 Å². The number of carbonyl (C=O) groups is 1. The highest BCUT2D eigenvalue weighted by atomic mass is 19.4. The van der Waals surface area contributed by atoms with Crippen molar-refractivity contribution in [2.24, 2.45) is 11.7 Å². The summed E-state index contributed by atoms with van der Waals surface area (Å²) in [6.45, 7) is 0.785. The van der Waals surface area contributed by atoms with Crippen molar-refractivity contribution < 1.29 is 22.7 Å². The minimum Gasteiger partial charge on any atom is -0.370 e. The molecule has 1 atom stereocenters. The molecule has 0 aliphatic heterocycles. The maximum absolute atomic E-state index is 11.7. The zero-order valence-electron chi connectivity index (χ0n) is 9.85. The van der Waals surface area contributed by atoms with Crippen LogP contribution in [0.25, 0.3) is 0 Å². The first kappa shape index (κ1) is 16.2. The third-order valence-electron chi connectivity index (χ3n) is 2.10. The van der Waals surface area contributed by atoms with Gasteiger partial charge in [-0.2, -0.15) is 13.2 Å². The SMILES string of the molecule is CCCC(CN)C(=O)NCCOCC(F)(F)F. The molecule has 0 aromatic carbocycles. The van der Waals surface area contributed by atoms with Gasteiger partial charge in [-0.15, -0.1) is 0 Å². The molecule has 3 N–H and O–H groups in total. The Kier molecular flexibility index (Phi) is 7.90. The number of nitrogens with one attached hydrogen (secondary N) is 1. The topological polar surface area (TPSA) is 64.4 Å². The van der Waals surface area contributed by atoms with Gasteiger partial charge in [0.1, 0.15) is 6.61 Å². The van der Waals surface area contributed by atoms with Crippen LogP contribution in [0.5, 0.6) is 0 Å². The van der Waals surface area contributed by atoms with E-state index >= 15 is 0 Å².